The molecule has 5 aromatic rings. The summed E-state index contributed by atoms with van der Waals surface area (Å²) in [5.41, 5.74) is 4.27. The lowest BCUT2D eigenvalue weighted by Crippen LogP contribution is -2.49. The molecule has 5 rings (SSSR count). The summed E-state index contributed by atoms with van der Waals surface area (Å²) in [5, 5.41) is 34.2. The van der Waals surface area contributed by atoms with Crippen molar-refractivity contribution in [1.29, 1.82) is 0 Å². The summed E-state index contributed by atoms with van der Waals surface area (Å²) in [6.07, 6.45) is 14.1. The largest absolute Gasteiger partial charge is 0.480 e. The first-order valence-corrected chi connectivity index (χ1v) is 27.8. The first-order valence-electron chi connectivity index (χ1n) is 25.1. The number of carbonyl (C=O) groups is 4. The standard InChI is InChI=1S/C30H40N4O3S.C25H38N4O4S/c1-4-22(2)28(32-18-23-9-8-15-31-17-23)20-34(21-29(35)33-27(30(36)37)14-16-38-3)19-25-12-7-11-24-10-5-6-13-26(24)25;1-4-18(2)22(27-12-10-20-15-26-17-28-20)16-33-23(14-19-8-6-5-7-9-19)24(30)29-21(25(31)32)11-13-34-3/h5-13,15,17,22,27-28,32H,4,14,16,18-21H2,1-3H3,(H,33,35)(H,36,37);5-9,15,17-18,21-23,27H,4,10-14,16H2,1-3H3,(H,26,28)(H,29,30)(H,31,32)/t22-,27-,28+;18-,21-,22+,23?/m00/s1. The lowest BCUT2D eigenvalue weighted by molar-refractivity contribution is -0.144. The number of ether oxygens (including phenoxy) is 1. The lowest BCUT2D eigenvalue weighted by atomic mass is 9.97. The zero-order valence-electron chi connectivity index (χ0n) is 42.9. The van der Waals surface area contributed by atoms with Crippen molar-refractivity contribution in [3.05, 3.63) is 132 Å². The van der Waals surface area contributed by atoms with Gasteiger partial charge in [-0.2, -0.15) is 23.5 Å². The van der Waals surface area contributed by atoms with E-state index in [1.54, 1.807) is 36.0 Å². The fraction of sp³-hybridized carbons (Fsp3) is 0.491. The van der Waals surface area contributed by atoms with Crippen LogP contribution in [-0.2, 0) is 49.8 Å². The van der Waals surface area contributed by atoms with Crippen LogP contribution in [0.2, 0.25) is 0 Å². The molecule has 0 aliphatic rings. The third-order valence-electron chi connectivity index (χ3n) is 12.9. The molecular formula is C55H78N8O7S2. The molecule has 0 radical (unpaired) electrons. The van der Waals surface area contributed by atoms with Gasteiger partial charge >= 0.3 is 11.9 Å². The van der Waals surface area contributed by atoms with Gasteiger partial charge in [-0.25, -0.2) is 14.6 Å². The van der Waals surface area contributed by atoms with Crippen LogP contribution in [0.1, 0.15) is 75.8 Å². The molecule has 17 heteroatoms. The molecule has 2 aromatic heterocycles. The zero-order chi connectivity index (χ0) is 52.1. The Labute approximate surface area is 435 Å². The van der Waals surface area contributed by atoms with Gasteiger partial charge in [-0.05, 0) is 82.2 Å². The summed E-state index contributed by atoms with van der Waals surface area (Å²) >= 11 is 3.12. The Morgan fingerprint density at radius 1 is 0.750 bits per heavy atom. The van der Waals surface area contributed by atoms with Crippen LogP contribution < -0.4 is 21.3 Å². The lowest BCUT2D eigenvalue weighted by Gasteiger charge is -2.32. The molecular weight excluding hydrogens is 949 g/mol. The predicted octanol–water partition coefficient (Wildman–Crippen LogP) is 7.47. The van der Waals surface area contributed by atoms with Crippen molar-refractivity contribution in [3.8, 4) is 0 Å². The molecule has 392 valence electrons. The number of carboxylic acids is 2. The number of benzene rings is 3. The van der Waals surface area contributed by atoms with E-state index in [1.165, 1.54) is 0 Å². The predicted molar refractivity (Wildman–Crippen MR) is 292 cm³/mol. The molecule has 2 heterocycles. The third kappa shape index (κ3) is 21.4. The number of amides is 2. The molecule has 7 N–H and O–H groups in total. The summed E-state index contributed by atoms with van der Waals surface area (Å²) in [5.74, 6) is -0.647. The first-order chi connectivity index (χ1) is 34.8. The quantitative estimate of drug-likeness (QED) is 0.0218. The molecule has 7 atom stereocenters. The number of hydrogen-bond donors (Lipinski definition) is 7. The topological polar surface area (TPSA) is 211 Å². The molecule has 0 spiro atoms. The Hall–Kier alpha value is -5.30. The van der Waals surface area contributed by atoms with Gasteiger partial charge in [-0.3, -0.25) is 19.5 Å². The second kappa shape index (κ2) is 33.4. The maximum absolute atomic E-state index is 13.1. The second-order valence-electron chi connectivity index (χ2n) is 18.2. The maximum Gasteiger partial charge on any atom is 0.326 e. The molecule has 0 saturated carbocycles. The second-order valence-corrected chi connectivity index (χ2v) is 20.2. The van der Waals surface area contributed by atoms with Crippen LogP contribution in [-0.4, -0.2) is 134 Å². The van der Waals surface area contributed by atoms with E-state index < -0.39 is 36.0 Å². The van der Waals surface area contributed by atoms with Gasteiger partial charge < -0.3 is 41.2 Å². The van der Waals surface area contributed by atoms with Gasteiger partial charge in [0.05, 0.1) is 19.5 Å². The molecule has 72 heavy (non-hydrogen) atoms. The van der Waals surface area contributed by atoms with Crippen LogP contribution in [0, 0.1) is 11.8 Å². The van der Waals surface area contributed by atoms with Crippen molar-refractivity contribution < 1.29 is 34.1 Å². The van der Waals surface area contributed by atoms with Gasteiger partial charge in [-0.15, -0.1) is 0 Å². The monoisotopic (exact) mass is 1030 g/mol. The Morgan fingerprint density at radius 2 is 1.40 bits per heavy atom. The number of rotatable bonds is 33. The van der Waals surface area contributed by atoms with E-state index in [0.29, 0.717) is 68.8 Å². The van der Waals surface area contributed by atoms with E-state index in [4.69, 9.17) is 4.74 Å². The van der Waals surface area contributed by atoms with Crippen LogP contribution in [0.15, 0.2) is 110 Å². The van der Waals surface area contributed by atoms with Gasteiger partial charge in [0.2, 0.25) is 11.8 Å². The number of hydrogen-bond acceptors (Lipinski definition) is 12. The molecule has 15 nitrogen and oxygen atoms in total. The van der Waals surface area contributed by atoms with Gasteiger partial charge in [0, 0.05) is 75.4 Å². The minimum Gasteiger partial charge on any atom is -0.480 e. The number of pyridine rings is 1. The molecule has 1 unspecified atom stereocenters. The number of carbonyl (C=O) groups excluding carboxylic acids is 2. The average Bonchev–Trinajstić information content (AvgIpc) is 3.92. The van der Waals surface area contributed by atoms with Crippen molar-refractivity contribution in [1.82, 2.24) is 41.1 Å². The van der Waals surface area contributed by atoms with Gasteiger partial charge in [0.1, 0.15) is 18.2 Å². The van der Waals surface area contributed by atoms with Crippen molar-refractivity contribution in [3.63, 3.8) is 0 Å². The smallest absolute Gasteiger partial charge is 0.326 e. The fourth-order valence-electron chi connectivity index (χ4n) is 8.11. The van der Waals surface area contributed by atoms with Crippen LogP contribution >= 0.6 is 23.5 Å². The Balaban J connectivity index is 0.000000315. The van der Waals surface area contributed by atoms with Gasteiger partial charge in [0.15, 0.2) is 0 Å². The highest BCUT2D eigenvalue weighted by atomic mass is 32.2. The highest BCUT2D eigenvalue weighted by molar-refractivity contribution is 7.98. The van der Waals surface area contributed by atoms with Crippen LogP contribution in [0.4, 0.5) is 0 Å². The summed E-state index contributed by atoms with van der Waals surface area (Å²) in [4.78, 5) is 63.1. The van der Waals surface area contributed by atoms with Gasteiger partial charge in [0.25, 0.3) is 0 Å². The Morgan fingerprint density at radius 3 is 2.04 bits per heavy atom. The molecule has 0 aliphatic carbocycles. The maximum atomic E-state index is 13.1. The number of aromatic nitrogens is 3. The molecule has 3 aromatic carbocycles. The molecule has 0 aliphatic heterocycles. The van der Waals surface area contributed by atoms with E-state index in [-0.39, 0.29) is 24.5 Å². The molecule has 2 amide bonds. The minimum atomic E-state index is -1.03. The summed E-state index contributed by atoms with van der Waals surface area (Å²) in [6.45, 7) is 11.8. The first kappa shape index (κ1) is 59.3. The van der Waals surface area contributed by atoms with E-state index in [9.17, 15) is 29.4 Å². The number of thioether (sulfide) groups is 2. The number of aromatic amines is 1. The van der Waals surface area contributed by atoms with Crippen molar-refractivity contribution in [2.75, 3.05) is 50.3 Å². The Kier molecular flexibility index (Phi) is 27.5. The van der Waals surface area contributed by atoms with Crippen molar-refractivity contribution in [2.24, 2.45) is 11.8 Å². The summed E-state index contributed by atoms with van der Waals surface area (Å²) in [7, 11) is 0. The highest BCUT2D eigenvalue weighted by Gasteiger charge is 2.28. The number of imidazole rings is 1. The molecule has 0 saturated heterocycles. The third-order valence-corrected chi connectivity index (χ3v) is 14.2. The number of fused-ring (bicyclic) bond motifs is 1. The summed E-state index contributed by atoms with van der Waals surface area (Å²) < 4.78 is 6.17. The highest BCUT2D eigenvalue weighted by Crippen LogP contribution is 2.22. The number of nitrogens with one attached hydrogen (secondary N) is 5. The normalized spacial score (nSPS) is 14.3. The van der Waals surface area contributed by atoms with E-state index >= 15 is 0 Å². The minimum absolute atomic E-state index is 0.0609. The number of aliphatic carboxylic acids is 2. The SMILES string of the molecule is CC[C@H](C)[C@@H](CN(CC(=O)N[C@@H](CCSC)C(=O)O)Cc1cccc2ccccc12)NCc1cccnc1.CC[C@H](C)[C@@H](COC(Cc1ccccc1)C(=O)N[C@@H](CCSC)C(=O)O)NCCc1cnc[nH]1. The number of nitrogens with zero attached hydrogens (tertiary/aromatic N) is 3. The fourth-order valence-corrected chi connectivity index (χ4v) is 9.05. The zero-order valence-corrected chi connectivity index (χ0v) is 44.6. The van der Waals surface area contributed by atoms with E-state index in [1.807, 2.05) is 79.5 Å². The van der Waals surface area contributed by atoms with Crippen LogP contribution in [0.5, 0.6) is 0 Å². The number of H-pyrrole nitrogens is 1. The summed E-state index contributed by atoms with van der Waals surface area (Å²) in [6, 6.07) is 26.5. The molecule has 0 bridgehead atoms. The average molecular weight is 1030 g/mol. The van der Waals surface area contributed by atoms with E-state index in [0.717, 1.165) is 59.0 Å². The van der Waals surface area contributed by atoms with Crippen LogP contribution in [0.3, 0.4) is 0 Å². The van der Waals surface area contributed by atoms with Crippen LogP contribution in [0.25, 0.3) is 10.8 Å². The number of carboxylic acid groups (broad SMARTS) is 2. The Bertz CT molecular complexity index is 2310. The van der Waals surface area contributed by atoms with Crippen molar-refractivity contribution in [2.45, 2.75) is 110 Å². The van der Waals surface area contributed by atoms with Crippen molar-refractivity contribution >= 4 is 58.0 Å². The van der Waals surface area contributed by atoms with Gasteiger partial charge in [-0.1, -0.05) is 119 Å². The molecule has 0 fully saturated rings. The van der Waals surface area contributed by atoms with E-state index in [2.05, 4.69) is 99.1 Å².